The lowest BCUT2D eigenvalue weighted by molar-refractivity contribution is -0.0454. The van der Waals surface area contributed by atoms with Crippen LogP contribution in [-0.2, 0) is 4.74 Å². The molecule has 0 radical (unpaired) electrons. The smallest absolute Gasteiger partial charge is 0.274 e. The van der Waals surface area contributed by atoms with E-state index in [9.17, 15) is 9.18 Å². The first-order chi connectivity index (χ1) is 12.6. The molecule has 0 saturated carbocycles. The molecule has 26 heavy (non-hydrogen) atoms. The second-order valence-electron chi connectivity index (χ2n) is 6.81. The van der Waals surface area contributed by atoms with Crippen LogP contribution in [0.5, 0.6) is 5.75 Å². The van der Waals surface area contributed by atoms with Crippen molar-refractivity contribution in [1.29, 1.82) is 0 Å². The van der Waals surface area contributed by atoms with Crippen molar-refractivity contribution in [2.75, 3.05) is 19.7 Å². The molecular formula is C19H20FN3O3. The number of rotatable bonds is 3. The molecule has 3 heterocycles. The zero-order valence-corrected chi connectivity index (χ0v) is 14.3. The van der Waals surface area contributed by atoms with Crippen LogP contribution in [0.1, 0.15) is 29.8 Å². The van der Waals surface area contributed by atoms with Crippen LogP contribution >= 0.6 is 0 Å². The highest BCUT2D eigenvalue weighted by Crippen LogP contribution is 2.36. The SMILES string of the molecule is O=C(c1cnccn1)N1CCC[C@@]2(C[C@@H](Oc3ccc(F)cc3)CO2)C1. The average molecular weight is 357 g/mol. The van der Waals surface area contributed by atoms with Crippen molar-refractivity contribution < 1.29 is 18.7 Å². The molecule has 2 atom stereocenters. The fourth-order valence-electron chi connectivity index (χ4n) is 3.71. The van der Waals surface area contributed by atoms with Crippen molar-refractivity contribution in [1.82, 2.24) is 14.9 Å². The Morgan fingerprint density at radius 2 is 2.15 bits per heavy atom. The van der Waals surface area contributed by atoms with Crippen LogP contribution in [-0.4, -0.2) is 52.2 Å². The van der Waals surface area contributed by atoms with Gasteiger partial charge in [0.2, 0.25) is 0 Å². The maximum Gasteiger partial charge on any atom is 0.274 e. The molecule has 1 amide bonds. The maximum absolute atomic E-state index is 13.0. The summed E-state index contributed by atoms with van der Waals surface area (Å²) in [5.74, 6) is 0.214. The number of amides is 1. The Hall–Kier alpha value is -2.54. The number of halogens is 1. The van der Waals surface area contributed by atoms with E-state index in [1.54, 1.807) is 23.2 Å². The molecule has 0 bridgehead atoms. The van der Waals surface area contributed by atoms with Gasteiger partial charge in [0.25, 0.3) is 5.91 Å². The molecule has 2 aliphatic rings. The molecule has 136 valence electrons. The summed E-state index contributed by atoms with van der Waals surface area (Å²) in [7, 11) is 0. The number of hydrogen-bond donors (Lipinski definition) is 0. The van der Waals surface area contributed by atoms with Crippen molar-refractivity contribution in [3.63, 3.8) is 0 Å². The number of ether oxygens (including phenoxy) is 2. The van der Waals surface area contributed by atoms with Gasteiger partial charge in [0.05, 0.1) is 24.9 Å². The summed E-state index contributed by atoms with van der Waals surface area (Å²) in [6.45, 7) is 1.67. The van der Waals surface area contributed by atoms with Crippen LogP contribution < -0.4 is 4.74 Å². The van der Waals surface area contributed by atoms with E-state index in [-0.39, 0.29) is 23.4 Å². The minimum absolute atomic E-state index is 0.105. The van der Waals surface area contributed by atoms with Gasteiger partial charge in [-0.3, -0.25) is 9.78 Å². The lowest BCUT2D eigenvalue weighted by Crippen LogP contribution is -2.50. The first-order valence-corrected chi connectivity index (χ1v) is 8.75. The lowest BCUT2D eigenvalue weighted by Gasteiger charge is -2.39. The molecule has 2 aliphatic heterocycles. The van der Waals surface area contributed by atoms with Gasteiger partial charge in [0, 0.05) is 25.4 Å². The van der Waals surface area contributed by atoms with Crippen LogP contribution in [0.25, 0.3) is 0 Å². The van der Waals surface area contributed by atoms with Crippen molar-refractivity contribution >= 4 is 5.91 Å². The summed E-state index contributed by atoms with van der Waals surface area (Å²) >= 11 is 0. The van der Waals surface area contributed by atoms with Gasteiger partial charge in [-0.15, -0.1) is 0 Å². The number of piperidine rings is 1. The third-order valence-corrected chi connectivity index (χ3v) is 4.90. The fraction of sp³-hybridized carbons (Fsp3) is 0.421. The van der Waals surface area contributed by atoms with Crippen molar-refractivity contribution in [2.24, 2.45) is 0 Å². The van der Waals surface area contributed by atoms with Crippen LogP contribution in [0, 0.1) is 5.82 Å². The average Bonchev–Trinajstić information content (AvgIpc) is 3.05. The normalized spacial score (nSPS) is 25.4. The summed E-state index contributed by atoms with van der Waals surface area (Å²) in [5, 5.41) is 0. The molecule has 2 saturated heterocycles. The topological polar surface area (TPSA) is 64.6 Å². The van der Waals surface area contributed by atoms with Crippen molar-refractivity contribution in [3.8, 4) is 5.75 Å². The molecule has 0 N–H and O–H groups in total. The molecular weight excluding hydrogens is 337 g/mol. The van der Waals surface area contributed by atoms with Crippen molar-refractivity contribution in [2.45, 2.75) is 31.0 Å². The monoisotopic (exact) mass is 357 g/mol. The number of likely N-dealkylation sites (tertiary alicyclic amines) is 1. The summed E-state index contributed by atoms with van der Waals surface area (Å²) in [6.07, 6.45) is 6.91. The van der Waals surface area contributed by atoms with Gasteiger partial charge in [-0.1, -0.05) is 0 Å². The molecule has 2 fully saturated rings. The van der Waals surface area contributed by atoms with E-state index in [4.69, 9.17) is 9.47 Å². The Morgan fingerprint density at radius 1 is 1.31 bits per heavy atom. The molecule has 6 nitrogen and oxygen atoms in total. The highest BCUT2D eigenvalue weighted by Gasteiger charge is 2.45. The van der Waals surface area contributed by atoms with Gasteiger partial charge < -0.3 is 14.4 Å². The van der Waals surface area contributed by atoms with Crippen LogP contribution in [0.15, 0.2) is 42.9 Å². The van der Waals surface area contributed by atoms with E-state index in [0.717, 1.165) is 12.8 Å². The fourth-order valence-corrected chi connectivity index (χ4v) is 3.71. The quantitative estimate of drug-likeness (QED) is 0.844. The zero-order chi connectivity index (χ0) is 18.0. The number of nitrogens with zero attached hydrogens (tertiary/aromatic N) is 3. The lowest BCUT2D eigenvalue weighted by atomic mass is 9.89. The number of carbonyl (C=O) groups excluding carboxylic acids is 1. The van der Waals surface area contributed by atoms with E-state index in [1.165, 1.54) is 24.5 Å². The first kappa shape index (κ1) is 16.9. The predicted octanol–water partition coefficient (Wildman–Crippen LogP) is 2.46. The Morgan fingerprint density at radius 3 is 2.92 bits per heavy atom. The highest BCUT2D eigenvalue weighted by atomic mass is 19.1. The highest BCUT2D eigenvalue weighted by molar-refractivity contribution is 5.92. The Labute approximate surface area is 151 Å². The largest absolute Gasteiger partial charge is 0.488 e. The molecule has 1 spiro atoms. The molecule has 7 heteroatoms. The van der Waals surface area contributed by atoms with Crippen LogP contribution in [0.2, 0.25) is 0 Å². The van der Waals surface area contributed by atoms with E-state index in [1.807, 2.05) is 0 Å². The van der Waals surface area contributed by atoms with E-state index in [0.29, 0.717) is 37.6 Å². The predicted molar refractivity (Wildman–Crippen MR) is 91.3 cm³/mol. The molecule has 0 aliphatic carbocycles. The minimum Gasteiger partial charge on any atom is -0.488 e. The van der Waals surface area contributed by atoms with Gasteiger partial charge in [-0.05, 0) is 37.1 Å². The third kappa shape index (κ3) is 3.53. The number of aromatic nitrogens is 2. The number of carbonyl (C=O) groups is 1. The van der Waals surface area contributed by atoms with E-state index >= 15 is 0 Å². The Kier molecular flexibility index (Phi) is 4.55. The molecule has 0 unspecified atom stereocenters. The summed E-state index contributed by atoms with van der Waals surface area (Å²) in [5.41, 5.74) is -0.0393. The van der Waals surface area contributed by atoms with Gasteiger partial charge in [-0.25, -0.2) is 9.37 Å². The van der Waals surface area contributed by atoms with Gasteiger partial charge in [0.15, 0.2) is 0 Å². The maximum atomic E-state index is 13.0. The molecule has 1 aromatic heterocycles. The minimum atomic E-state index is -0.388. The summed E-state index contributed by atoms with van der Waals surface area (Å²) in [6, 6.07) is 5.99. The molecule has 2 aromatic rings. The second kappa shape index (κ2) is 6.99. The Bertz CT molecular complexity index is 771. The Balaban J connectivity index is 1.41. The summed E-state index contributed by atoms with van der Waals surface area (Å²) in [4.78, 5) is 22.5. The summed E-state index contributed by atoms with van der Waals surface area (Å²) < 4.78 is 25.0. The van der Waals surface area contributed by atoms with Crippen LogP contribution in [0.3, 0.4) is 0 Å². The van der Waals surface area contributed by atoms with Gasteiger partial charge in [-0.2, -0.15) is 0 Å². The van der Waals surface area contributed by atoms with Gasteiger partial charge in [0.1, 0.15) is 23.4 Å². The number of hydrogen-bond acceptors (Lipinski definition) is 5. The third-order valence-electron chi connectivity index (χ3n) is 4.90. The van der Waals surface area contributed by atoms with E-state index in [2.05, 4.69) is 9.97 Å². The van der Waals surface area contributed by atoms with Gasteiger partial charge >= 0.3 is 0 Å². The molecule has 4 rings (SSSR count). The standard InChI is InChI=1S/C19H20FN3O3/c20-14-2-4-15(5-3-14)26-16-10-19(25-12-16)6-1-9-23(13-19)18(24)17-11-21-7-8-22-17/h2-5,7-8,11,16H,1,6,9-10,12-13H2/t16-,19-/m1/s1. The second-order valence-corrected chi connectivity index (χ2v) is 6.81. The van der Waals surface area contributed by atoms with Crippen LogP contribution in [0.4, 0.5) is 4.39 Å². The van der Waals surface area contributed by atoms with E-state index < -0.39 is 0 Å². The first-order valence-electron chi connectivity index (χ1n) is 8.75. The zero-order valence-electron chi connectivity index (χ0n) is 14.3. The number of benzene rings is 1. The molecule has 1 aromatic carbocycles. The van der Waals surface area contributed by atoms with Crippen molar-refractivity contribution in [3.05, 3.63) is 54.4 Å².